The van der Waals surface area contributed by atoms with Crippen molar-refractivity contribution in [2.75, 3.05) is 39.9 Å². The molecule has 180 valence electrons. The lowest BCUT2D eigenvalue weighted by Crippen LogP contribution is -2.37. The zero-order valence-corrected chi connectivity index (χ0v) is 20.4. The third kappa shape index (κ3) is 5.75. The van der Waals surface area contributed by atoms with Crippen LogP contribution in [-0.2, 0) is 14.8 Å². The molecule has 0 N–H and O–H groups in total. The minimum atomic E-state index is -3.73. The Hall–Kier alpha value is -2.85. The minimum absolute atomic E-state index is 0.113. The molecule has 33 heavy (non-hydrogen) atoms. The first-order valence-electron chi connectivity index (χ1n) is 11.0. The van der Waals surface area contributed by atoms with Crippen molar-refractivity contribution in [1.82, 2.24) is 14.4 Å². The Kier molecular flexibility index (Phi) is 8.15. The molecule has 1 saturated heterocycles. The number of aromatic nitrogens is 1. The molecule has 2 heterocycles. The maximum Gasteiger partial charge on any atom is 0.248 e. The molecule has 0 radical (unpaired) electrons. The van der Waals surface area contributed by atoms with Crippen LogP contribution in [0.3, 0.4) is 0 Å². The molecule has 1 aliphatic rings. The van der Waals surface area contributed by atoms with Gasteiger partial charge in [-0.05, 0) is 50.5 Å². The first-order valence-corrected chi connectivity index (χ1v) is 12.4. The number of nitrogens with zero attached hydrogens (tertiary/aromatic N) is 3. The molecule has 0 atom stereocenters. The summed E-state index contributed by atoms with van der Waals surface area (Å²) in [5, 5.41) is 3.76. The van der Waals surface area contributed by atoms with Crippen LogP contribution in [0.5, 0.6) is 11.5 Å². The molecule has 1 aromatic heterocycles. The highest BCUT2D eigenvalue weighted by Gasteiger charge is 2.32. The van der Waals surface area contributed by atoms with Crippen molar-refractivity contribution in [2.45, 2.75) is 38.5 Å². The highest BCUT2D eigenvalue weighted by Crippen LogP contribution is 2.29. The van der Waals surface area contributed by atoms with Gasteiger partial charge >= 0.3 is 0 Å². The van der Waals surface area contributed by atoms with Crippen molar-refractivity contribution in [2.24, 2.45) is 0 Å². The Morgan fingerprint density at radius 2 is 1.97 bits per heavy atom. The van der Waals surface area contributed by atoms with E-state index in [1.165, 1.54) is 10.4 Å². The number of amides is 1. The summed E-state index contributed by atoms with van der Waals surface area (Å²) in [5.41, 5.74) is 1.15. The largest absolute Gasteiger partial charge is 0.493 e. The number of rotatable bonds is 8. The van der Waals surface area contributed by atoms with E-state index in [-0.39, 0.29) is 23.1 Å². The molecule has 1 aromatic carbocycles. The summed E-state index contributed by atoms with van der Waals surface area (Å²) in [6, 6.07) is 5.49. The number of sulfonamides is 1. The van der Waals surface area contributed by atoms with Crippen molar-refractivity contribution in [3.8, 4) is 11.5 Å². The normalized spacial score (nSPS) is 15.6. The molecule has 1 aliphatic heterocycles. The molecule has 0 aliphatic carbocycles. The van der Waals surface area contributed by atoms with E-state index in [2.05, 4.69) is 5.16 Å². The smallest absolute Gasteiger partial charge is 0.248 e. The number of carbonyl (C=O) groups excluding carboxylic acids is 1. The molecule has 1 amide bonds. The van der Waals surface area contributed by atoms with Crippen LogP contribution in [0.25, 0.3) is 6.08 Å². The van der Waals surface area contributed by atoms with Gasteiger partial charge in [0.25, 0.3) is 0 Å². The summed E-state index contributed by atoms with van der Waals surface area (Å²) < 4.78 is 43.6. The molecular weight excluding hydrogens is 446 g/mol. The molecule has 0 bridgehead atoms. The van der Waals surface area contributed by atoms with Gasteiger partial charge in [-0.2, -0.15) is 4.31 Å². The standard InChI is InChI=1S/C23H31N3O6S/c1-5-15-31-20-9-7-19(16-21(20)30-4)8-10-22(27)25-11-6-12-26(14-13-25)33(28,29)23-17(2)24-32-18(23)3/h7-10,16H,5-6,11-15H2,1-4H3/b10-8+. The molecule has 0 saturated carbocycles. The van der Waals surface area contributed by atoms with Gasteiger partial charge in [0.2, 0.25) is 15.9 Å². The third-order valence-electron chi connectivity index (χ3n) is 5.40. The summed E-state index contributed by atoms with van der Waals surface area (Å²) in [7, 11) is -2.16. The van der Waals surface area contributed by atoms with Gasteiger partial charge < -0.3 is 18.9 Å². The van der Waals surface area contributed by atoms with Gasteiger partial charge in [0.05, 0.1) is 13.7 Å². The molecule has 1 fully saturated rings. The van der Waals surface area contributed by atoms with Crippen LogP contribution in [0.15, 0.2) is 33.7 Å². The number of methoxy groups -OCH3 is 1. The lowest BCUT2D eigenvalue weighted by molar-refractivity contribution is -0.125. The van der Waals surface area contributed by atoms with Gasteiger partial charge in [-0.3, -0.25) is 4.79 Å². The number of ether oxygens (including phenoxy) is 2. The quantitative estimate of drug-likeness (QED) is 0.539. The molecule has 0 unspecified atom stereocenters. The fourth-order valence-electron chi connectivity index (χ4n) is 3.72. The van der Waals surface area contributed by atoms with Crippen LogP contribution >= 0.6 is 0 Å². The monoisotopic (exact) mass is 477 g/mol. The predicted molar refractivity (Wildman–Crippen MR) is 124 cm³/mol. The zero-order chi connectivity index (χ0) is 24.0. The average Bonchev–Trinajstić information content (AvgIpc) is 3.00. The van der Waals surface area contributed by atoms with Crippen molar-refractivity contribution < 1.29 is 27.2 Å². The maximum absolute atomic E-state index is 13.1. The van der Waals surface area contributed by atoms with Crippen LogP contribution in [0, 0.1) is 13.8 Å². The van der Waals surface area contributed by atoms with E-state index in [9.17, 15) is 13.2 Å². The summed E-state index contributed by atoms with van der Waals surface area (Å²) in [5.74, 6) is 1.37. The predicted octanol–water partition coefficient (Wildman–Crippen LogP) is 3.03. The van der Waals surface area contributed by atoms with E-state index in [1.54, 1.807) is 31.9 Å². The van der Waals surface area contributed by atoms with Crippen molar-refractivity contribution in [3.63, 3.8) is 0 Å². The van der Waals surface area contributed by atoms with E-state index in [0.717, 1.165) is 12.0 Å². The van der Waals surface area contributed by atoms with Crippen LogP contribution < -0.4 is 9.47 Å². The van der Waals surface area contributed by atoms with Gasteiger partial charge in [0.15, 0.2) is 17.3 Å². The number of carbonyl (C=O) groups is 1. The van der Waals surface area contributed by atoms with E-state index >= 15 is 0 Å². The van der Waals surface area contributed by atoms with Crippen molar-refractivity contribution >= 4 is 22.0 Å². The van der Waals surface area contributed by atoms with Gasteiger partial charge in [-0.15, -0.1) is 0 Å². The summed E-state index contributed by atoms with van der Waals surface area (Å²) in [6.07, 6.45) is 4.66. The van der Waals surface area contributed by atoms with Crippen LogP contribution in [0.4, 0.5) is 0 Å². The second-order valence-corrected chi connectivity index (χ2v) is 9.70. The fourth-order valence-corrected chi connectivity index (χ4v) is 5.48. The topological polar surface area (TPSA) is 102 Å². The number of hydrogen-bond donors (Lipinski definition) is 0. The van der Waals surface area contributed by atoms with Crippen molar-refractivity contribution in [3.05, 3.63) is 41.3 Å². The third-order valence-corrected chi connectivity index (χ3v) is 7.54. The SMILES string of the molecule is CCCOc1ccc(/C=C/C(=O)N2CCCN(S(=O)(=O)c3c(C)noc3C)CC2)cc1OC. The lowest BCUT2D eigenvalue weighted by Gasteiger charge is -2.21. The highest BCUT2D eigenvalue weighted by atomic mass is 32.2. The van der Waals surface area contributed by atoms with Gasteiger partial charge in [-0.25, -0.2) is 8.42 Å². The molecule has 0 spiro atoms. The maximum atomic E-state index is 13.1. The van der Waals surface area contributed by atoms with Gasteiger partial charge in [0.1, 0.15) is 10.6 Å². The molecular formula is C23H31N3O6S. The number of benzene rings is 1. The highest BCUT2D eigenvalue weighted by molar-refractivity contribution is 7.89. The summed E-state index contributed by atoms with van der Waals surface area (Å²) in [6.45, 7) is 7.15. The Morgan fingerprint density at radius 3 is 2.64 bits per heavy atom. The Labute approximate surface area is 195 Å². The number of hydrogen-bond acceptors (Lipinski definition) is 7. The molecule has 9 nitrogen and oxygen atoms in total. The molecule has 10 heteroatoms. The fraction of sp³-hybridized carbons (Fsp3) is 0.478. The Bertz CT molecular complexity index is 1090. The summed E-state index contributed by atoms with van der Waals surface area (Å²) in [4.78, 5) is 14.5. The van der Waals surface area contributed by atoms with E-state index in [1.807, 2.05) is 25.1 Å². The van der Waals surface area contributed by atoms with Crippen LogP contribution in [0.1, 0.15) is 36.8 Å². The Morgan fingerprint density at radius 1 is 1.18 bits per heavy atom. The first kappa shape index (κ1) is 24.8. The zero-order valence-electron chi connectivity index (χ0n) is 19.5. The van der Waals surface area contributed by atoms with E-state index in [4.69, 9.17) is 14.0 Å². The molecule has 3 rings (SSSR count). The second kappa shape index (κ2) is 10.8. The van der Waals surface area contributed by atoms with E-state index < -0.39 is 10.0 Å². The first-order chi connectivity index (χ1) is 15.8. The Balaban J connectivity index is 1.66. The number of aryl methyl sites for hydroxylation is 2. The average molecular weight is 478 g/mol. The van der Waals surface area contributed by atoms with Crippen molar-refractivity contribution in [1.29, 1.82) is 0 Å². The van der Waals surface area contributed by atoms with Gasteiger partial charge in [0, 0.05) is 32.3 Å². The second-order valence-electron chi connectivity index (χ2n) is 7.83. The van der Waals surface area contributed by atoms with Crippen LogP contribution in [-0.4, -0.2) is 68.6 Å². The lowest BCUT2D eigenvalue weighted by atomic mass is 10.2. The van der Waals surface area contributed by atoms with Gasteiger partial charge in [-0.1, -0.05) is 18.1 Å². The molecule has 2 aromatic rings. The minimum Gasteiger partial charge on any atom is -0.493 e. The summed E-state index contributed by atoms with van der Waals surface area (Å²) >= 11 is 0. The van der Waals surface area contributed by atoms with Crippen LogP contribution in [0.2, 0.25) is 0 Å². The van der Waals surface area contributed by atoms with E-state index in [0.29, 0.717) is 49.9 Å².